The van der Waals surface area contributed by atoms with Gasteiger partial charge in [-0.2, -0.15) is 0 Å². The molecule has 0 unspecified atom stereocenters. The average Bonchev–Trinajstić information content (AvgIpc) is 3.54. The second-order valence-electron chi connectivity index (χ2n) is 9.25. The number of carbonyl (C=O) groups excluding carboxylic acids is 1. The summed E-state index contributed by atoms with van der Waals surface area (Å²) in [6, 6.07) is 33.6. The van der Waals surface area contributed by atoms with E-state index < -0.39 is 0 Å². The molecule has 2 aromatic heterocycles. The number of para-hydroxylation sites is 1. The maximum Gasteiger partial charge on any atom is 0.268 e. The minimum atomic E-state index is -0.0691. The van der Waals surface area contributed by atoms with Crippen molar-refractivity contribution in [1.82, 2.24) is 14.8 Å². The SMILES string of the molecule is CN(C)CCn1c(C(=O)NCc2cccs2)c(C(c2ccccc2)c2ccccc2)c2ccccc21. The van der Waals surface area contributed by atoms with Crippen molar-refractivity contribution in [2.24, 2.45) is 0 Å². The molecule has 0 saturated heterocycles. The Morgan fingerprint density at radius 1 is 0.861 bits per heavy atom. The van der Waals surface area contributed by atoms with Crippen LogP contribution in [0.15, 0.2) is 102 Å². The number of nitrogens with zero attached hydrogens (tertiary/aromatic N) is 2. The molecule has 3 aromatic carbocycles. The topological polar surface area (TPSA) is 37.3 Å². The average molecular weight is 494 g/mol. The smallest absolute Gasteiger partial charge is 0.268 e. The van der Waals surface area contributed by atoms with Gasteiger partial charge in [0.15, 0.2) is 0 Å². The molecule has 2 heterocycles. The molecule has 1 amide bonds. The van der Waals surface area contributed by atoms with Crippen molar-refractivity contribution in [3.63, 3.8) is 0 Å². The zero-order valence-corrected chi connectivity index (χ0v) is 21.5. The predicted octanol–water partition coefficient (Wildman–Crippen LogP) is 6.37. The van der Waals surface area contributed by atoms with Gasteiger partial charge in [0.2, 0.25) is 0 Å². The van der Waals surface area contributed by atoms with E-state index in [9.17, 15) is 4.79 Å². The number of thiophene rings is 1. The van der Waals surface area contributed by atoms with Crippen LogP contribution in [0, 0.1) is 0 Å². The number of nitrogens with one attached hydrogen (secondary N) is 1. The number of likely N-dealkylation sites (N-methyl/N-ethyl adjacent to an activating group) is 1. The van der Waals surface area contributed by atoms with E-state index in [0.29, 0.717) is 6.54 Å². The third kappa shape index (κ3) is 4.99. The van der Waals surface area contributed by atoms with Crippen LogP contribution in [0.5, 0.6) is 0 Å². The van der Waals surface area contributed by atoms with Crippen LogP contribution in [0.25, 0.3) is 10.9 Å². The van der Waals surface area contributed by atoms with Gasteiger partial charge in [-0.15, -0.1) is 11.3 Å². The molecule has 0 atom stereocenters. The number of benzene rings is 3. The number of aromatic nitrogens is 1. The fraction of sp³-hybridized carbons (Fsp3) is 0.194. The molecule has 182 valence electrons. The van der Waals surface area contributed by atoms with Crippen molar-refractivity contribution in [3.05, 3.63) is 130 Å². The van der Waals surface area contributed by atoms with Gasteiger partial charge in [0.05, 0.1) is 6.54 Å². The highest BCUT2D eigenvalue weighted by molar-refractivity contribution is 7.09. The number of hydrogen-bond acceptors (Lipinski definition) is 3. The second-order valence-corrected chi connectivity index (χ2v) is 10.3. The van der Waals surface area contributed by atoms with Crippen LogP contribution >= 0.6 is 11.3 Å². The summed E-state index contributed by atoms with van der Waals surface area (Å²) in [5.74, 6) is -0.106. The highest BCUT2D eigenvalue weighted by atomic mass is 32.1. The molecule has 0 saturated carbocycles. The zero-order valence-electron chi connectivity index (χ0n) is 20.7. The Hall–Kier alpha value is -3.67. The van der Waals surface area contributed by atoms with Crippen molar-refractivity contribution in [2.75, 3.05) is 20.6 Å². The van der Waals surface area contributed by atoms with Gasteiger partial charge in [-0.1, -0.05) is 84.9 Å². The van der Waals surface area contributed by atoms with E-state index in [1.54, 1.807) is 11.3 Å². The highest BCUT2D eigenvalue weighted by Gasteiger charge is 2.30. The Balaban J connectivity index is 1.73. The molecule has 0 radical (unpaired) electrons. The molecular formula is C31H31N3OS. The van der Waals surface area contributed by atoms with Crippen LogP contribution in [-0.4, -0.2) is 36.0 Å². The molecule has 4 nitrogen and oxygen atoms in total. The lowest BCUT2D eigenvalue weighted by atomic mass is 9.83. The molecule has 36 heavy (non-hydrogen) atoms. The Labute approximate surface area is 216 Å². The van der Waals surface area contributed by atoms with Gasteiger partial charge in [0.1, 0.15) is 5.69 Å². The predicted molar refractivity (Wildman–Crippen MR) is 150 cm³/mol. The monoisotopic (exact) mass is 493 g/mol. The number of hydrogen-bond donors (Lipinski definition) is 1. The largest absolute Gasteiger partial charge is 0.346 e. The summed E-state index contributed by atoms with van der Waals surface area (Å²) in [7, 11) is 4.14. The molecule has 0 fully saturated rings. The Morgan fingerprint density at radius 2 is 1.50 bits per heavy atom. The number of rotatable bonds is 9. The summed E-state index contributed by atoms with van der Waals surface area (Å²) in [6.07, 6.45) is 0. The van der Waals surface area contributed by atoms with E-state index in [2.05, 4.69) is 108 Å². The van der Waals surface area contributed by atoms with Gasteiger partial charge < -0.3 is 14.8 Å². The van der Waals surface area contributed by atoms with Gasteiger partial charge in [0, 0.05) is 40.4 Å². The van der Waals surface area contributed by atoms with Gasteiger partial charge >= 0.3 is 0 Å². The van der Waals surface area contributed by atoms with Crippen molar-refractivity contribution in [2.45, 2.75) is 19.0 Å². The highest BCUT2D eigenvalue weighted by Crippen LogP contribution is 2.40. The van der Waals surface area contributed by atoms with Gasteiger partial charge in [-0.25, -0.2) is 0 Å². The maximum absolute atomic E-state index is 14.0. The standard InChI is InChI=1S/C31H31N3OS/c1-33(2)19-20-34-27-18-10-9-17-26(27)29(30(34)31(35)32-22-25-16-11-21-36-25)28(23-12-5-3-6-13-23)24-14-7-4-8-15-24/h3-18,21,28H,19-20,22H2,1-2H3,(H,32,35). The summed E-state index contributed by atoms with van der Waals surface area (Å²) >= 11 is 1.66. The van der Waals surface area contributed by atoms with Gasteiger partial charge in [0.25, 0.3) is 5.91 Å². The van der Waals surface area contributed by atoms with Crippen LogP contribution in [0.1, 0.15) is 38.0 Å². The third-order valence-electron chi connectivity index (χ3n) is 6.55. The third-order valence-corrected chi connectivity index (χ3v) is 7.43. The number of fused-ring (bicyclic) bond motifs is 1. The van der Waals surface area contributed by atoms with E-state index in [4.69, 9.17) is 0 Å². The lowest BCUT2D eigenvalue weighted by Crippen LogP contribution is -2.28. The summed E-state index contributed by atoms with van der Waals surface area (Å²) in [5, 5.41) is 6.39. The lowest BCUT2D eigenvalue weighted by Gasteiger charge is -2.21. The van der Waals surface area contributed by atoms with Crippen LogP contribution < -0.4 is 5.32 Å². The molecule has 1 N–H and O–H groups in total. The summed E-state index contributed by atoms with van der Waals surface area (Å²) in [4.78, 5) is 17.3. The van der Waals surface area contributed by atoms with Crippen LogP contribution in [-0.2, 0) is 13.1 Å². The van der Waals surface area contributed by atoms with Crippen molar-refractivity contribution in [3.8, 4) is 0 Å². The Bertz CT molecular complexity index is 1380. The molecule has 0 aliphatic carbocycles. The molecule has 0 spiro atoms. The molecular weight excluding hydrogens is 462 g/mol. The molecule has 0 bridgehead atoms. The van der Waals surface area contributed by atoms with Crippen molar-refractivity contribution in [1.29, 1.82) is 0 Å². The lowest BCUT2D eigenvalue weighted by molar-refractivity contribution is 0.0940. The van der Waals surface area contributed by atoms with E-state index in [1.165, 1.54) is 11.1 Å². The first-order valence-corrected chi connectivity index (χ1v) is 13.2. The zero-order chi connectivity index (χ0) is 24.9. The summed E-state index contributed by atoms with van der Waals surface area (Å²) in [5.41, 5.74) is 5.24. The van der Waals surface area contributed by atoms with Crippen molar-refractivity contribution < 1.29 is 4.79 Å². The van der Waals surface area contributed by atoms with E-state index >= 15 is 0 Å². The molecule has 5 heteroatoms. The normalized spacial score (nSPS) is 11.4. The van der Waals surface area contributed by atoms with Gasteiger partial charge in [-0.3, -0.25) is 4.79 Å². The molecule has 0 aliphatic heterocycles. The Kier molecular flexibility index (Phi) is 7.31. The van der Waals surface area contributed by atoms with Crippen LogP contribution in [0.4, 0.5) is 0 Å². The van der Waals surface area contributed by atoms with E-state index in [-0.39, 0.29) is 11.8 Å². The quantitative estimate of drug-likeness (QED) is 0.259. The summed E-state index contributed by atoms with van der Waals surface area (Å²) in [6.45, 7) is 2.09. The fourth-order valence-electron chi connectivity index (χ4n) is 4.88. The van der Waals surface area contributed by atoms with Gasteiger partial charge in [-0.05, 0) is 42.7 Å². The first-order chi connectivity index (χ1) is 17.6. The Morgan fingerprint density at radius 3 is 2.11 bits per heavy atom. The maximum atomic E-state index is 14.0. The first-order valence-electron chi connectivity index (χ1n) is 12.3. The minimum absolute atomic E-state index is 0.0368. The van der Waals surface area contributed by atoms with E-state index in [0.717, 1.165) is 40.1 Å². The van der Waals surface area contributed by atoms with E-state index in [1.807, 2.05) is 23.6 Å². The number of amides is 1. The second kappa shape index (κ2) is 10.9. The van der Waals surface area contributed by atoms with Crippen LogP contribution in [0.2, 0.25) is 0 Å². The fourth-order valence-corrected chi connectivity index (χ4v) is 5.53. The summed E-state index contributed by atoms with van der Waals surface area (Å²) < 4.78 is 2.22. The molecule has 0 aliphatic rings. The molecule has 5 rings (SSSR count). The van der Waals surface area contributed by atoms with Crippen molar-refractivity contribution >= 4 is 28.1 Å². The first kappa shape index (κ1) is 24.0. The molecule has 5 aromatic rings. The van der Waals surface area contributed by atoms with Crippen LogP contribution in [0.3, 0.4) is 0 Å². The minimum Gasteiger partial charge on any atom is -0.346 e. The number of carbonyl (C=O) groups is 1.